The molecule has 0 aliphatic carbocycles. The summed E-state index contributed by atoms with van der Waals surface area (Å²) in [5.41, 5.74) is 0. The van der Waals surface area contributed by atoms with Gasteiger partial charge < -0.3 is 9.84 Å². The van der Waals surface area contributed by atoms with Gasteiger partial charge in [0, 0.05) is 11.0 Å². The SMILES string of the molecule is OC1CO[CH]([AlH2])C(NP)C1. The molecule has 0 aromatic rings. The van der Waals surface area contributed by atoms with Crippen molar-refractivity contribution in [2.24, 2.45) is 0 Å². The third kappa shape index (κ3) is 2.17. The Morgan fingerprint density at radius 1 is 1.70 bits per heavy atom. The van der Waals surface area contributed by atoms with Crippen LogP contribution in [0, 0.1) is 0 Å². The van der Waals surface area contributed by atoms with E-state index < -0.39 is 0 Å². The van der Waals surface area contributed by atoms with Crippen LogP contribution in [0.15, 0.2) is 0 Å². The molecule has 1 aliphatic rings. The Kier molecular flexibility index (Phi) is 3.59. The second-order valence-corrected chi connectivity index (χ2v) is 4.17. The van der Waals surface area contributed by atoms with Gasteiger partial charge >= 0.3 is 0 Å². The maximum absolute atomic E-state index is 9.17. The molecule has 0 radical (unpaired) electrons. The summed E-state index contributed by atoms with van der Waals surface area (Å²) in [6.07, 6.45) is 0.542. The smallest absolute Gasteiger partial charge is 0.261 e. The first kappa shape index (κ1) is 8.93. The Labute approximate surface area is 71.2 Å². The highest BCUT2D eigenvalue weighted by atomic mass is 31.0. The zero-order valence-electron chi connectivity index (χ0n) is 6.08. The van der Waals surface area contributed by atoms with E-state index in [1.54, 1.807) is 0 Å². The summed E-state index contributed by atoms with van der Waals surface area (Å²) in [6, 6.07) is 0.334. The highest BCUT2D eigenvalue weighted by Gasteiger charge is 2.25. The molecule has 4 atom stereocenters. The van der Waals surface area contributed by atoms with E-state index in [-0.39, 0.29) is 6.10 Å². The number of rotatable bonds is 1. The lowest BCUT2D eigenvalue weighted by Crippen LogP contribution is -2.46. The molecule has 1 aliphatic heterocycles. The van der Waals surface area contributed by atoms with Crippen LogP contribution in [0.3, 0.4) is 0 Å². The molecule has 0 aromatic heterocycles. The Morgan fingerprint density at radius 2 is 2.40 bits per heavy atom. The standard InChI is InChI=1S/C5H11NO2P.Al.2H/c7-5-1-4(6-9)2-8-3-5;;;/h2,4-7H,1,3,9H2;;;. The Hall–Kier alpha value is 0.842. The fourth-order valence-electron chi connectivity index (χ4n) is 1.14. The molecule has 0 amide bonds. The van der Waals surface area contributed by atoms with Crippen LogP contribution >= 0.6 is 9.39 Å². The minimum atomic E-state index is -0.275. The lowest BCUT2D eigenvalue weighted by Gasteiger charge is -2.32. The molecule has 5 heteroatoms. The first-order chi connectivity index (χ1) is 4.74. The molecule has 0 aromatic carbocycles. The van der Waals surface area contributed by atoms with Gasteiger partial charge in [0.15, 0.2) is 0 Å². The molecule has 1 fully saturated rings. The molecule has 2 N–H and O–H groups in total. The number of hydrogen-bond acceptors (Lipinski definition) is 3. The zero-order chi connectivity index (χ0) is 7.56. The first-order valence-electron chi connectivity index (χ1n) is 3.50. The normalized spacial score (nSPS) is 41.6. The molecule has 1 heterocycles. The summed E-state index contributed by atoms with van der Waals surface area (Å²) in [7, 11) is 2.47. The van der Waals surface area contributed by atoms with E-state index in [4.69, 9.17) is 9.84 Å². The average molecular weight is 177 g/mol. The van der Waals surface area contributed by atoms with E-state index in [0.717, 1.165) is 22.7 Å². The molecule has 0 saturated carbocycles. The van der Waals surface area contributed by atoms with Crippen molar-refractivity contribution in [3.8, 4) is 0 Å². The van der Waals surface area contributed by atoms with Crippen LogP contribution in [-0.4, -0.2) is 45.1 Å². The van der Waals surface area contributed by atoms with Gasteiger partial charge in [0.05, 0.1) is 12.7 Å². The van der Waals surface area contributed by atoms with Gasteiger partial charge in [-0.25, -0.2) is 0 Å². The van der Waals surface area contributed by atoms with Crippen LogP contribution in [0.1, 0.15) is 6.42 Å². The van der Waals surface area contributed by atoms with E-state index in [0.29, 0.717) is 17.6 Å². The lowest BCUT2D eigenvalue weighted by atomic mass is 10.1. The molecular formula is C5H13AlNO2P. The molecule has 3 nitrogen and oxygen atoms in total. The molecular weight excluding hydrogens is 164 g/mol. The van der Waals surface area contributed by atoms with Crippen LogP contribution in [0.5, 0.6) is 0 Å². The number of ether oxygens (including phenoxy) is 1. The van der Waals surface area contributed by atoms with Crippen molar-refractivity contribution in [3.63, 3.8) is 0 Å². The Morgan fingerprint density at radius 3 is 2.90 bits per heavy atom. The van der Waals surface area contributed by atoms with E-state index in [9.17, 15) is 0 Å². The summed E-state index contributed by atoms with van der Waals surface area (Å²) in [5.74, 6) is 0. The topological polar surface area (TPSA) is 41.5 Å². The van der Waals surface area contributed by atoms with Crippen molar-refractivity contribution in [2.75, 3.05) is 6.61 Å². The number of nitrogens with one attached hydrogen (secondary N) is 1. The first-order valence-corrected chi connectivity index (χ1v) is 5.23. The maximum atomic E-state index is 9.17. The quantitative estimate of drug-likeness (QED) is 0.377. The summed E-state index contributed by atoms with van der Waals surface area (Å²) >= 11 is 1.03. The fraction of sp³-hybridized carbons (Fsp3) is 1.00. The predicted octanol–water partition coefficient (Wildman–Crippen LogP) is -1.52. The van der Waals surface area contributed by atoms with Crippen LogP contribution in [0.25, 0.3) is 0 Å². The number of aliphatic hydroxyl groups excluding tert-OH is 1. The predicted molar refractivity (Wildman–Crippen MR) is 45.5 cm³/mol. The van der Waals surface area contributed by atoms with Gasteiger partial charge in [-0.1, -0.05) is 9.39 Å². The van der Waals surface area contributed by atoms with E-state index >= 15 is 0 Å². The summed E-state index contributed by atoms with van der Waals surface area (Å²) in [6.45, 7) is 0.511. The van der Waals surface area contributed by atoms with Crippen molar-refractivity contribution >= 4 is 25.7 Å². The summed E-state index contributed by atoms with van der Waals surface area (Å²) in [5, 5.41) is 12.2. The van der Waals surface area contributed by atoms with Crippen LogP contribution in [0.4, 0.5) is 0 Å². The number of hydrogen-bond donors (Lipinski definition) is 2. The molecule has 1 saturated heterocycles. The second kappa shape index (κ2) is 4.02. The third-order valence-electron chi connectivity index (χ3n) is 1.86. The lowest BCUT2D eigenvalue weighted by molar-refractivity contribution is -0.0365. The van der Waals surface area contributed by atoms with E-state index in [1.807, 2.05) is 0 Å². The van der Waals surface area contributed by atoms with Gasteiger partial charge in [-0.05, 0) is 6.42 Å². The minimum Gasteiger partial charge on any atom is -0.391 e. The molecule has 10 heavy (non-hydrogen) atoms. The van der Waals surface area contributed by atoms with Crippen LogP contribution < -0.4 is 5.09 Å². The Bertz CT molecular complexity index is 116. The maximum Gasteiger partial charge on any atom is 0.261 e. The minimum absolute atomic E-state index is 0.275. The summed E-state index contributed by atoms with van der Waals surface area (Å²) < 4.78 is 5.33. The third-order valence-corrected chi connectivity index (χ3v) is 3.42. The molecule has 0 bridgehead atoms. The van der Waals surface area contributed by atoms with Gasteiger partial charge in [0.1, 0.15) is 0 Å². The van der Waals surface area contributed by atoms with E-state index in [1.165, 1.54) is 0 Å². The van der Waals surface area contributed by atoms with E-state index in [2.05, 4.69) is 14.5 Å². The second-order valence-electron chi connectivity index (χ2n) is 2.70. The van der Waals surface area contributed by atoms with Gasteiger partial charge in [0.25, 0.3) is 16.3 Å². The van der Waals surface area contributed by atoms with Crippen molar-refractivity contribution < 1.29 is 9.84 Å². The molecule has 58 valence electrons. The fourth-order valence-corrected chi connectivity index (χ4v) is 2.58. The molecule has 4 unspecified atom stereocenters. The van der Waals surface area contributed by atoms with Crippen molar-refractivity contribution in [1.29, 1.82) is 0 Å². The largest absolute Gasteiger partial charge is 0.391 e. The van der Waals surface area contributed by atoms with Crippen molar-refractivity contribution in [2.45, 2.75) is 23.5 Å². The monoisotopic (exact) mass is 177 g/mol. The Balaban J connectivity index is 2.38. The van der Waals surface area contributed by atoms with Crippen molar-refractivity contribution in [1.82, 2.24) is 5.09 Å². The van der Waals surface area contributed by atoms with Gasteiger partial charge in [-0.2, -0.15) is 0 Å². The van der Waals surface area contributed by atoms with Gasteiger partial charge in [-0.15, -0.1) is 0 Å². The number of aliphatic hydroxyl groups is 1. The zero-order valence-corrected chi connectivity index (χ0v) is 9.23. The van der Waals surface area contributed by atoms with Gasteiger partial charge in [0.2, 0.25) is 0 Å². The highest BCUT2D eigenvalue weighted by Crippen LogP contribution is 2.12. The highest BCUT2D eigenvalue weighted by molar-refractivity contribution is 7.13. The molecule has 0 spiro atoms. The van der Waals surface area contributed by atoms with Crippen molar-refractivity contribution in [3.05, 3.63) is 0 Å². The molecule has 1 rings (SSSR count). The average Bonchev–Trinajstić information content (AvgIpc) is 1.94. The van der Waals surface area contributed by atoms with Crippen LogP contribution in [-0.2, 0) is 4.74 Å². The van der Waals surface area contributed by atoms with Crippen LogP contribution in [0.2, 0.25) is 0 Å². The summed E-state index contributed by atoms with van der Waals surface area (Å²) in [4.78, 5) is 0.348. The van der Waals surface area contributed by atoms with Gasteiger partial charge in [-0.3, -0.25) is 5.09 Å².